The number of fused-ring (bicyclic) bond motifs is 5. The Labute approximate surface area is 286 Å². The van der Waals surface area contributed by atoms with Crippen LogP contribution in [0.25, 0.3) is 76.9 Å². The molecule has 10 heteroatoms. The van der Waals surface area contributed by atoms with E-state index in [0.717, 1.165) is 72.4 Å². The van der Waals surface area contributed by atoms with Gasteiger partial charge >= 0.3 is 0 Å². The zero-order valence-electron chi connectivity index (χ0n) is 25.0. The monoisotopic (exact) mass is 671 g/mol. The van der Waals surface area contributed by atoms with Gasteiger partial charge in [-0.1, -0.05) is 72.8 Å². The van der Waals surface area contributed by atoms with Crippen LogP contribution in [0.3, 0.4) is 0 Å². The number of hydrogen-bond acceptors (Lipinski definition) is 10. The van der Waals surface area contributed by atoms with Gasteiger partial charge in [-0.3, -0.25) is 0 Å². The first-order valence-electron chi connectivity index (χ1n) is 15.3. The largest absolute Gasteiger partial charge is 0.304 e. The Kier molecular flexibility index (Phi) is 6.26. The van der Waals surface area contributed by atoms with Crippen molar-refractivity contribution in [2.24, 2.45) is 0 Å². The fourth-order valence-electron chi connectivity index (χ4n) is 6.62. The van der Waals surface area contributed by atoms with Gasteiger partial charge in [0.1, 0.15) is 33.1 Å². The SMILES string of the molecule is c1ccc(-c2ccc(N(c3cccc4nsnc34)c3ccc(-c4ccc5cc6ccccc6cc5c4)c4nsnc34)c3nsnc23)cc1. The molecule has 0 saturated heterocycles. The number of aromatic nitrogens is 6. The molecule has 10 rings (SSSR count). The minimum absolute atomic E-state index is 0.805. The van der Waals surface area contributed by atoms with Gasteiger partial charge in [-0.15, -0.1) is 0 Å². The van der Waals surface area contributed by atoms with E-state index in [1.54, 1.807) is 0 Å². The van der Waals surface area contributed by atoms with E-state index in [2.05, 4.69) is 106 Å². The van der Waals surface area contributed by atoms with E-state index < -0.39 is 0 Å². The van der Waals surface area contributed by atoms with Crippen molar-refractivity contribution in [3.8, 4) is 22.3 Å². The van der Waals surface area contributed by atoms with Crippen LogP contribution in [-0.2, 0) is 0 Å². The molecule has 0 fully saturated rings. The van der Waals surface area contributed by atoms with Crippen LogP contribution in [0, 0.1) is 0 Å². The molecule has 0 N–H and O–H groups in total. The van der Waals surface area contributed by atoms with Crippen molar-refractivity contribution in [1.29, 1.82) is 0 Å². The highest BCUT2D eigenvalue weighted by Crippen LogP contribution is 2.46. The molecule has 7 nitrogen and oxygen atoms in total. The van der Waals surface area contributed by atoms with Gasteiger partial charge in [0.15, 0.2) is 0 Å². The Morgan fingerprint density at radius 2 is 0.917 bits per heavy atom. The maximum Gasteiger partial charge on any atom is 0.129 e. The maximum atomic E-state index is 4.90. The van der Waals surface area contributed by atoms with E-state index in [0.29, 0.717) is 0 Å². The van der Waals surface area contributed by atoms with Crippen LogP contribution in [0.1, 0.15) is 0 Å². The first-order chi connectivity index (χ1) is 23.8. The van der Waals surface area contributed by atoms with Crippen molar-refractivity contribution >= 4 is 107 Å². The average molecular weight is 672 g/mol. The van der Waals surface area contributed by atoms with E-state index in [1.807, 2.05) is 30.3 Å². The lowest BCUT2D eigenvalue weighted by molar-refractivity contribution is 1.31. The first-order valence-corrected chi connectivity index (χ1v) is 17.5. The molecular formula is C38H21N7S3. The van der Waals surface area contributed by atoms with Gasteiger partial charge in [0.05, 0.1) is 52.2 Å². The molecule has 0 unspecified atom stereocenters. The molecule has 10 aromatic rings. The summed E-state index contributed by atoms with van der Waals surface area (Å²) in [6.07, 6.45) is 0. The Morgan fingerprint density at radius 1 is 0.354 bits per heavy atom. The standard InChI is InChI=1S/C38H21N7S3/c1-2-7-22(8-3-1)28-15-17-32(37-34(28)40-47-43-37)45(31-12-6-11-30-36(31)42-46-39-30)33-18-16-29(35-38(33)44-48-41-35)26-14-13-25-19-23-9-4-5-10-24(23)20-27(25)21-26/h1-21H. The summed E-state index contributed by atoms with van der Waals surface area (Å²) in [6.45, 7) is 0. The Bertz CT molecular complexity index is 2820. The van der Waals surface area contributed by atoms with Crippen LogP contribution >= 0.6 is 35.2 Å². The summed E-state index contributed by atoms with van der Waals surface area (Å²) in [7, 11) is 0. The topological polar surface area (TPSA) is 80.6 Å². The van der Waals surface area contributed by atoms with E-state index in [4.69, 9.17) is 21.9 Å². The number of anilines is 3. The van der Waals surface area contributed by atoms with Crippen molar-refractivity contribution < 1.29 is 0 Å². The van der Waals surface area contributed by atoms with Crippen LogP contribution in [0.5, 0.6) is 0 Å². The molecule has 0 aliphatic heterocycles. The number of rotatable bonds is 5. The Morgan fingerprint density at radius 3 is 1.65 bits per heavy atom. The fourth-order valence-corrected chi connectivity index (χ4v) is 8.30. The van der Waals surface area contributed by atoms with Gasteiger partial charge in [0.2, 0.25) is 0 Å². The summed E-state index contributed by atoms with van der Waals surface area (Å²) < 4.78 is 28.7. The van der Waals surface area contributed by atoms with Crippen LogP contribution in [0.2, 0.25) is 0 Å². The second-order valence-electron chi connectivity index (χ2n) is 11.6. The highest BCUT2D eigenvalue weighted by molar-refractivity contribution is 7.00. The summed E-state index contributed by atoms with van der Waals surface area (Å²) in [5, 5.41) is 4.85. The Balaban J connectivity index is 1.19. The number of nitrogens with zero attached hydrogens (tertiary/aromatic N) is 7. The van der Waals surface area contributed by atoms with Crippen LogP contribution in [0.4, 0.5) is 17.1 Å². The molecule has 0 atom stereocenters. The summed E-state index contributed by atoms with van der Waals surface area (Å²) in [4.78, 5) is 2.20. The average Bonchev–Trinajstić information content (AvgIpc) is 3.93. The van der Waals surface area contributed by atoms with Crippen LogP contribution < -0.4 is 4.90 Å². The minimum Gasteiger partial charge on any atom is -0.304 e. The molecule has 0 aliphatic carbocycles. The first kappa shape index (κ1) is 27.4. The van der Waals surface area contributed by atoms with Crippen LogP contribution in [-0.4, -0.2) is 26.2 Å². The zero-order valence-corrected chi connectivity index (χ0v) is 27.4. The highest BCUT2D eigenvalue weighted by Gasteiger charge is 2.26. The van der Waals surface area contributed by atoms with Gasteiger partial charge in [0.25, 0.3) is 0 Å². The molecule has 0 saturated carbocycles. The van der Waals surface area contributed by atoms with Gasteiger partial charge < -0.3 is 4.90 Å². The normalized spacial score (nSPS) is 11.8. The van der Waals surface area contributed by atoms with Crippen molar-refractivity contribution in [1.82, 2.24) is 26.2 Å². The predicted molar refractivity (Wildman–Crippen MR) is 200 cm³/mol. The maximum absolute atomic E-state index is 4.90. The summed E-state index contributed by atoms with van der Waals surface area (Å²) in [5.41, 5.74) is 11.9. The van der Waals surface area contributed by atoms with Crippen molar-refractivity contribution in [3.05, 3.63) is 127 Å². The molecule has 0 amide bonds. The summed E-state index contributed by atoms with van der Waals surface area (Å²) in [5.74, 6) is 0. The molecule has 0 bridgehead atoms. The second-order valence-corrected chi connectivity index (χ2v) is 13.1. The van der Waals surface area contributed by atoms with E-state index in [-0.39, 0.29) is 0 Å². The lowest BCUT2D eigenvalue weighted by Gasteiger charge is -2.26. The van der Waals surface area contributed by atoms with E-state index in [9.17, 15) is 0 Å². The molecule has 0 radical (unpaired) electrons. The summed E-state index contributed by atoms with van der Waals surface area (Å²) in [6, 6.07) is 44.6. The molecule has 3 aromatic heterocycles. The molecular weight excluding hydrogens is 651 g/mol. The summed E-state index contributed by atoms with van der Waals surface area (Å²) >= 11 is 3.65. The third kappa shape index (κ3) is 4.31. The molecule has 0 aliphatic rings. The quantitative estimate of drug-likeness (QED) is 0.168. The number of benzene rings is 7. The lowest BCUT2D eigenvalue weighted by Crippen LogP contribution is -2.12. The molecule has 3 heterocycles. The molecule has 0 spiro atoms. The Hall–Kier alpha value is -5.68. The second kappa shape index (κ2) is 11.0. The van der Waals surface area contributed by atoms with Gasteiger partial charge in [-0.25, -0.2) is 0 Å². The van der Waals surface area contributed by atoms with Crippen molar-refractivity contribution in [2.75, 3.05) is 4.90 Å². The molecule has 48 heavy (non-hydrogen) atoms. The lowest BCUT2D eigenvalue weighted by atomic mass is 9.97. The molecule has 226 valence electrons. The predicted octanol–water partition coefficient (Wildman–Crippen LogP) is 10.8. The smallest absolute Gasteiger partial charge is 0.129 e. The fraction of sp³-hybridized carbons (Fsp3) is 0. The van der Waals surface area contributed by atoms with Crippen molar-refractivity contribution in [3.63, 3.8) is 0 Å². The molecule has 7 aromatic carbocycles. The van der Waals surface area contributed by atoms with E-state index >= 15 is 0 Å². The van der Waals surface area contributed by atoms with Crippen LogP contribution in [0.15, 0.2) is 127 Å². The zero-order chi connectivity index (χ0) is 31.6. The third-order valence-corrected chi connectivity index (χ3v) is 10.5. The van der Waals surface area contributed by atoms with Crippen molar-refractivity contribution in [2.45, 2.75) is 0 Å². The van der Waals surface area contributed by atoms with E-state index in [1.165, 1.54) is 56.7 Å². The van der Waals surface area contributed by atoms with Gasteiger partial charge in [-0.05, 0) is 87.3 Å². The highest BCUT2D eigenvalue weighted by atomic mass is 32.1. The third-order valence-electron chi connectivity index (χ3n) is 8.88. The van der Waals surface area contributed by atoms with Gasteiger partial charge in [-0.2, -0.15) is 26.2 Å². The minimum atomic E-state index is 0.805. The number of hydrogen-bond donors (Lipinski definition) is 0. The van der Waals surface area contributed by atoms with Gasteiger partial charge in [0, 0.05) is 11.1 Å².